The van der Waals surface area contributed by atoms with E-state index < -0.39 is 12.1 Å². The molecule has 1 aromatic rings. The summed E-state index contributed by atoms with van der Waals surface area (Å²) >= 11 is 0. The molecule has 0 aromatic heterocycles. The Kier molecular flexibility index (Phi) is 4.74. The van der Waals surface area contributed by atoms with E-state index in [9.17, 15) is 9.59 Å². The highest BCUT2D eigenvalue weighted by atomic mass is 16.5. The third-order valence-corrected chi connectivity index (χ3v) is 3.37. The molecule has 1 atom stereocenters. The van der Waals surface area contributed by atoms with Crippen LogP contribution in [0.1, 0.15) is 24.8 Å². The number of anilines is 1. The maximum atomic E-state index is 12.5. The van der Waals surface area contributed by atoms with Crippen molar-refractivity contribution in [1.82, 2.24) is 0 Å². The number of benzene rings is 1. The lowest BCUT2D eigenvalue weighted by atomic mass is 10.1. The van der Waals surface area contributed by atoms with Gasteiger partial charge in [-0.3, -0.25) is 9.59 Å². The van der Waals surface area contributed by atoms with Crippen molar-refractivity contribution in [3.63, 3.8) is 0 Å². The molecule has 0 radical (unpaired) electrons. The normalized spacial score (nSPS) is 17.9. The van der Waals surface area contributed by atoms with E-state index in [1.807, 2.05) is 31.2 Å². The highest BCUT2D eigenvalue weighted by molar-refractivity contribution is 5.97. The fourth-order valence-electron chi connectivity index (χ4n) is 2.24. The molecule has 1 N–H and O–H groups in total. The standard InChI is InChI=1S/C15H19NO4/c1-11-4-6-12(7-5-11)16(9-8-14(17)18)15(19)13-3-2-10-20-13/h4-7,13H,2-3,8-10H2,1H3,(H,17,18)/t13-/m0/s1. The van der Waals surface area contributed by atoms with Crippen molar-refractivity contribution in [1.29, 1.82) is 0 Å². The molecule has 1 amide bonds. The second-order valence-corrected chi connectivity index (χ2v) is 4.97. The Morgan fingerprint density at radius 1 is 1.35 bits per heavy atom. The van der Waals surface area contributed by atoms with Crippen LogP contribution in [0.15, 0.2) is 24.3 Å². The first-order valence-corrected chi connectivity index (χ1v) is 6.79. The van der Waals surface area contributed by atoms with Gasteiger partial charge in [0.1, 0.15) is 6.10 Å². The Balaban J connectivity index is 2.16. The zero-order valence-corrected chi connectivity index (χ0v) is 11.5. The quantitative estimate of drug-likeness (QED) is 0.893. The molecule has 108 valence electrons. The van der Waals surface area contributed by atoms with Crippen LogP contribution < -0.4 is 4.90 Å². The summed E-state index contributed by atoms with van der Waals surface area (Å²) in [4.78, 5) is 24.7. The van der Waals surface area contributed by atoms with Gasteiger partial charge in [-0.25, -0.2) is 0 Å². The van der Waals surface area contributed by atoms with Crippen LogP contribution in [0.25, 0.3) is 0 Å². The first-order valence-electron chi connectivity index (χ1n) is 6.79. The molecule has 5 heteroatoms. The summed E-state index contributed by atoms with van der Waals surface area (Å²) in [6.45, 7) is 2.72. The van der Waals surface area contributed by atoms with Gasteiger partial charge in [0, 0.05) is 18.8 Å². The Labute approximate surface area is 118 Å². The van der Waals surface area contributed by atoms with Crippen molar-refractivity contribution in [3.05, 3.63) is 29.8 Å². The molecular formula is C15H19NO4. The van der Waals surface area contributed by atoms with E-state index >= 15 is 0 Å². The first kappa shape index (κ1) is 14.5. The Morgan fingerprint density at radius 3 is 2.60 bits per heavy atom. The molecule has 1 heterocycles. The lowest BCUT2D eigenvalue weighted by Crippen LogP contribution is -2.40. The van der Waals surface area contributed by atoms with Crippen LogP contribution in [-0.2, 0) is 14.3 Å². The van der Waals surface area contributed by atoms with Crippen LogP contribution in [0.4, 0.5) is 5.69 Å². The van der Waals surface area contributed by atoms with Crippen molar-refractivity contribution in [2.24, 2.45) is 0 Å². The van der Waals surface area contributed by atoms with E-state index in [0.29, 0.717) is 13.0 Å². The number of amides is 1. The van der Waals surface area contributed by atoms with E-state index in [4.69, 9.17) is 9.84 Å². The summed E-state index contributed by atoms with van der Waals surface area (Å²) in [5.41, 5.74) is 1.81. The number of hydrogen-bond donors (Lipinski definition) is 1. The largest absolute Gasteiger partial charge is 0.481 e. The van der Waals surface area contributed by atoms with Crippen molar-refractivity contribution in [3.8, 4) is 0 Å². The predicted octanol–water partition coefficient (Wildman–Crippen LogP) is 1.98. The SMILES string of the molecule is Cc1ccc(N(CCC(=O)O)C(=O)[C@@H]2CCCO2)cc1. The Morgan fingerprint density at radius 2 is 2.05 bits per heavy atom. The third kappa shape index (κ3) is 3.57. The minimum atomic E-state index is -0.915. The van der Waals surface area contributed by atoms with Gasteiger partial charge in [-0.1, -0.05) is 17.7 Å². The average Bonchev–Trinajstić information content (AvgIpc) is 2.94. The van der Waals surface area contributed by atoms with Crippen LogP contribution >= 0.6 is 0 Å². The molecule has 0 unspecified atom stereocenters. The van der Waals surface area contributed by atoms with Gasteiger partial charge in [-0.15, -0.1) is 0 Å². The monoisotopic (exact) mass is 277 g/mol. The number of carbonyl (C=O) groups is 2. The summed E-state index contributed by atoms with van der Waals surface area (Å²) in [5.74, 6) is -1.06. The molecule has 1 fully saturated rings. The van der Waals surface area contributed by atoms with E-state index in [0.717, 1.165) is 17.7 Å². The average molecular weight is 277 g/mol. The highest BCUT2D eigenvalue weighted by Gasteiger charge is 2.29. The van der Waals surface area contributed by atoms with Crippen molar-refractivity contribution >= 4 is 17.6 Å². The summed E-state index contributed by atoms with van der Waals surface area (Å²) < 4.78 is 5.41. The van der Waals surface area contributed by atoms with Gasteiger partial charge < -0.3 is 14.7 Å². The summed E-state index contributed by atoms with van der Waals surface area (Å²) in [6, 6.07) is 7.49. The van der Waals surface area contributed by atoms with E-state index in [1.165, 1.54) is 4.90 Å². The molecule has 1 aromatic carbocycles. The van der Waals surface area contributed by atoms with Crippen LogP contribution in [0.5, 0.6) is 0 Å². The number of aryl methyl sites for hydroxylation is 1. The molecule has 0 aliphatic carbocycles. The van der Waals surface area contributed by atoms with Gasteiger partial charge in [0.2, 0.25) is 0 Å². The minimum absolute atomic E-state index is 0.0770. The van der Waals surface area contributed by atoms with Gasteiger partial charge in [-0.05, 0) is 31.9 Å². The topological polar surface area (TPSA) is 66.8 Å². The van der Waals surface area contributed by atoms with Gasteiger partial charge in [-0.2, -0.15) is 0 Å². The molecule has 1 aliphatic heterocycles. The van der Waals surface area contributed by atoms with Crippen LogP contribution in [0, 0.1) is 6.92 Å². The number of carbonyl (C=O) groups excluding carboxylic acids is 1. The van der Waals surface area contributed by atoms with Crippen LogP contribution in [-0.4, -0.2) is 36.2 Å². The number of carboxylic acids is 1. The number of hydrogen-bond acceptors (Lipinski definition) is 3. The van der Waals surface area contributed by atoms with Crippen molar-refractivity contribution in [2.75, 3.05) is 18.1 Å². The van der Waals surface area contributed by atoms with Crippen LogP contribution in [0.3, 0.4) is 0 Å². The lowest BCUT2D eigenvalue weighted by Gasteiger charge is -2.25. The maximum Gasteiger partial charge on any atom is 0.305 e. The second kappa shape index (κ2) is 6.52. The molecule has 5 nitrogen and oxygen atoms in total. The molecule has 20 heavy (non-hydrogen) atoms. The number of nitrogens with zero attached hydrogens (tertiary/aromatic N) is 1. The Bertz CT molecular complexity index is 477. The van der Waals surface area contributed by atoms with Gasteiger partial charge in [0.15, 0.2) is 0 Å². The molecule has 2 rings (SSSR count). The number of ether oxygens (including phenoxy) is 1. The second-order valence-electron chi connectivity index (χ2n) is 4.97. The fourth-order valence-corrected chi connectivity index (χ4v) is 2.24. The Hall–Kier alpha value is -1.88. The molecular weight excluding hydrogens is 258 g/mol. The summed E-state index contributed by atoms with van der Waals surface area (Å²) in [6.07, 6.45) is 1.06. The predicted molar refractivity (Wildman–Crippen MR) is 74.8 cm³/mol. The van der Waals surface area contributed by atoms with Crippen LogP contribution in [0.2, 0.25) is 0 Å². The minimum Gasteiger partial charge on any atom is -0.481 e. The van der Waals surface area contributed by atoms with Crippen molar-refractivity contribution in [2.45, 2.75) is 32.3 Å². The van der Waals surface area contributed by atoms with E-state index in [-0.39, 0.29) is 18.9 Å². The smallest absolute Gasteiger partial charge is 0.305 e. The summed E-state index contributed by atoms with van der Waals surface area (Å²) in [5, 5.41) is 8.83. The zero-order valence-electron chi connectivity index (χ0n) is 11.5. The van der Waals surface area contributed by atoms with Gasteiger partial charge >= 0.3 is 5.97 Å². The zero-order chi connectivity index (χ0) is 14.5. The first-order chi connectivity index (χ1) is 9.58. The fraction of sp³-hybridized carbons (Fsp3) is 0.467. The number of rotatable bonds is 5. The maximum absolute atomic E-state index is 12.5. The number of carboxylic acid groups (broad SMARTS) is 1. The molecule has 1 saturated heterocycles. The number of aliphatic carboxylic acids is 1. The van der Waals surface area contributed by atoms with E-state index in [2.05, 4.69) is 0 Å². The molecule has 0 bridgehead atoms. The summed E-state index contributed by atoms with van der Waals surface area (Å²) in [7, 11) is 0. The molecule has 0 saturated carbocycles. The van der Waals surface area contributed by atoms with Gasteiger partial charge in [0.05, 0.1) is 6.42 Å². The van der Waals surface area contributed by atoms with Gasteiger partial charge in [0.25, 0.3) is 5.91 Å². The lowest BCUT2D eigenvalue weighted by molar-refractivity contribution is -0.136. The van der Waals surface area contributed by atoms with Crippen molar-refractivity contribution < 1.29 is 19.4 Å². The molecule has 0 spiro atoms. The van der Waals surface area contributed by atoms with E-state index in [1.54, 1.807) is 0 Å². The third-order valence-electron chi connectivity index (χ3n) is 3.37. The highest BCUT2D eigenvalue weighted by Crippen LogP contribution is 2.21. The molecule has 1 aliphatic rings.